The Morgan fingerprint density at radius 1 is 1.26 bits per heavy atom. The number of ether oxygens (including phenoxy) is 1. The van der Waals surface area contributed by atoms with Crippen molar-refractivity contribution in [1.82, 2.24) is 5.32 Å². The van der Waals surface area contributed by atoms with E-state index in [4.69, 9.17) is 10.5 Å². The van der Waals surface area contributed by atoms with E-state index in [2.05, 4.69) is 12.2 Å². The van der Waals surface area contributed by atoms with Gasteiger partial charge >= 0.3 is 6.09 Å². The van der Waals surface area contributed by atoms with Crippen LogP contribution in [0.3, 0.4) is 0 Å². The number of amides is 1. The molecule has 4 heteroatoms. The highest BCUT2D eigenvalue weighted by atomic mass is 16.6. The molecule has 0 radical (unpaired) electrons. The maximum Gasteiger partial charge on any atom is 0.408 e. The number of carbonyl (C=O) groups excluding carboxylic acids is 1. The minimum atomic E-state index is -0.431. The first kappa shape index (κ1) is 14.6. The van der Waals surface area contributed by atoms with E-state index in [9.17, 15) is 4.79 Å². The summed E-state index contributed by atoms with van der Waals surface area (Å²) in [6.07, 6.45) is 6.50. The average Bonchev–Trinajstić information content (AvgIpc) is 2.16. The van der Waals surface area contributed by atoms with E-state index in [0.717, 1.165) is 25.7 Å². The molecule has 2 rings (SSSR count). The van der Waals surface area contributed by atoms with Crippen molar-refractivity contribution >= 4 is 6.09 Å². The molecule has 2 aliphatic carbocycles. The summed E-state index contributed by atoms with van der Waals surface area (Å²) in [6, 6.07) is 0.385. The quantitative estimate of drug-likeness (QED) is 0.768. The fourth-order valence-corrected chi connectivity index (χ4v) is 3.85. The summed E-state index contributed by atoms with van der Waals surface area (Å²) in [5.74, 6) is 0. The Morgan fingerprint density at radius 3 is 2.26 bits per heavy atom. The normalized spacial score (nSPS) is 38.7. The maximum atomic E-state index is 11.8. The van der Waals surface area contributed by atoms with E-state index in [1.165, 1.54) is 12.8 Å². The van der Waals surface area contributed by atoms with E-state index in [-0.39, 0.29) is 11.6 Å². The topological polar surface area (TPSA) is 64.3 Å². The maximum absolute atomic E-state index is 11.8. The highest BCUT2D eigenvalue weighted by molar-refractivity contribution is 5.69. The number of carbonyl (C=O) groups is 1. The van der Waals surface area contributed by atoms with E-state index >= 15 is 0 Å². The lowest BCUT2D eigenvalue weighted by atomic mass is 9.52. The van der Waals surface area contributed by atoms with Crippen LogP contribution in [-0.2, 0) is 4.74 Å². The molecule has 0 heterocycles. The molecule has 0 unspecified atom stereocenters. The zero-order valence-electron chi connectivity index (χ0n) is 12.7. The van der Waals surface area contributed by atoms with Gasteiger partial charge in [0.15, 0.2) is 0 Å². The van der Waals surface area contributed by atoms with Crippen molar-refractivity contribution in [1.29, 1.82) is 0 Å². The van der Waals surface area contributed by atoms with Crippen LogP contribution in [-0.4, -0.2) is 23.3 Å². The molecule has 0 atom stereocenters. The highest BCUT2D eigenvalue weighted by Crippen LogP contribution is 2.56. The molecule has 0 aromatic carbocycles. The fraction of sp³-hybridized carbons (Fsp3) is 0.933. The summed E-state index contributed by atoms with van der Waals surface area (Å²) in [7, 11) is 0. The van der Waals surface area contributed by atoms with Crippen LogP contribution < -0.4 is 11.1 Å². The lowest BCUT2D eigenvalue weighted by Crippen LogP contribution is -2.61. The molecule has 19 heavy (non-hydrogen) atoms. The summed E-state index contributed by atoms with van der Waals surface area (Å²) in [4.78, 5) is 11.8. The van der Waals surface area contributed by atoms with E-state index in [1.807, 2.05) is 20.8 Å². The van der Waals surface area contributed by atoms with Crippen molar-refractivity contribution in [3.05, 3.63) is 0 Å². The van der Waals surface area contributed by atoms with Crippen molar-refractivity contribution in [3.63, 3.8) is 0 Å². The Balaban J connectivity index is 1.82. The molecule has 0 aliphatic heterocycles. The molecule has 1 amide bonds. The largest absolute Gasteiger partial charge is 0.444 e. The summed E-state index contributed by atoms with van der Waals surface area (Å²) in [5, 5.41) is 3.04. The monoisotopic (exact) mass is 268 g/mol. The molecule has 0 aromatic heterocycles. The molecule has 110 valence electrons. The summed E-state index contributed by atoms with van der Waals surface area (Å²) < 4.78 is 5.33. The van der Waals surface area contributed by atoms with Crippen LogP contribution in [0.15, 0.2) is 0 Å². The molecule has 4 nitrogen and oxygen atoms in total. The van der Waals surface area contributed by atoms with Crippen molar-refractivity contribution < 1.29 is 9.53 Å². The van der Waals surface area contributed by atoms with Gasteiger partial charge in [0, 0.05) is 11.6 Å². The summed E-state index contributed by atoms with van der Waals surface area (Å²) in [5.41, 5.74) is 5.87. The number of nitrogens with one attached hydrogen (secondary N) is 1. The van der Waals surface area contributed by atoms with Crippen molar-refractivity contribution in [3.8, 4) is 0 Å². The Kier molecular flexibility index (Phi) is 3.58. The molecule has 2 aliphatic rings. The molecule has 0 aromatic rings. The van der Waals surface area contributed by atoms with Crippen LogP contribution in [0, 0.1) is 5.41 Å². The Bertz CT molecular complexity index is 344. The predicted octanol–water partition coefficient (Wildman–Crippen LogP) is 2.95. The van der Waals surface area contributed by atoms with E-state index < -0.39 is 5.60 Å². The van der Waals surface area contributed by atoms with Gasteiger partial charge < -0.3 is 15.8 Å². The van der Waals surface area contributed by atoms with Gasteiger partial charge in [-0.15, -0.1) is 0 Å². The van der Waals surface area contributed by atoms with Crippen LogP contribution in [0.25, 0.3) is 0 Å². The van der Waals surface area contributed by atoms with Crippen molar-refractivity contribution in [2.75, 3.05) is 0 Å². The second kappa shape index (κ2) is 4.65. The molecule has 0 saturated heterocycles. The minimum absolute atomic E-state index is 0.0935. The van der Waals surface area contributed by atoms with Gasteiger partial charge in [-0.1, -0.05) is 0 Å². The second-order valence-corrected chi connectivity index (χ2v) is 7.88. The average molecular weight is 268 g/mol. The SMILES string of the molecule is CC1(NC(=O)OC(C)(C)C)CC2(CCC(N)CC2)C1. The zero-order chi connectivity index (χ0) is 14.3. The van der Waals surface area contributed by atoms with Crippen LogP contribution >= 0.6 is 0 Å². The third kappa shape index (κ3) is 3.62. The first-order chi connectivity index (χ1) is 8.62. The lowest BCUT2D eigenvalue weighted by Gasteiger charge is -2.57. The number of nitrogens with two attached hydrogens (primary N) is 1. The van der Waals surface area contributed by atoms with Crippen molar-refractivity contribution in [2.24, 2.45) is 11.1 Å². The third-order valence-electron chi connectivity index (χ3n) is 4.42. The van der Waals surface area contributed by atoms with Crippen molar-refractivity contribution in [2.45, 2.75) is 83.4 Å². The summed E-state index contributed by atoms with van der Waals surface area (Å²) >= 11 is 0. The number of rotatable bonds is 1. The van der Waals surface area contributed by atoms with Gasteiger partial charge in [-0.25, -0.2) is 4.79 Å². The second-order valence-electron chi connectivity index (χ2n) is 7.88. The predicted molar refractivity (Wildman–Crippen MR) is 75.9 cm³/mol. The smallest absolute Gasteiger partial charge is 0.408 e. The number of hydrogen-bond acceptors (Lipinski definition) is 3. The molecule has 2 fully saturated rings. The Morgan fingerprint density at radius 2 is 1.79 bits per heavy atom. The summed E-state index contributed by atoms with van der Waals surface area (Å²) in [6.45, 7) is 7.79. The van der Waals surface area contributed by atoms with Crippen LogP contribution in [0.4, 0.5) is 4.79 Å². The molecular weight excluding hydrogens is 240 g/mol. The molecule has 1 spiro atoms. The van der Waals surface area contributed by atoms with Gasteiger partial charge in [0.1, 0.15) is 5.60 Å². The minimum Gasteiger partial charge on any atom is -0.444 e. The first-order valence-electron chi connectivity index (χ1n) is 7.38. The van der Waals surface area contributed by atoms with Gasteiger partial charge in [0.05, 0.1) is 0 Å². The standard InChI is InChI=1S/C15H28N2O2/c1-13(2,3)19-12(18)17-14(4)9-15(10-14)7-5-11(16)6-8-15/h11H,5-10,16H2,1-4H3,(H,17,18). The zero-order valence-corrected chi connectivity index (χ0v) is 12.7. The van der Waals surface area contributed by atoms with Gasteiger partial charge in [-0.3, -0.25) is 0 Å². The van der Waals surface area contributed by atoms with E-state index in [1.54, 1.807) is 0 Å². The van der Waals surface area contributed by atoms with Gasteiger partial charge in [0.25, 0.3) is 0 Å². The Labute approximate surface area is 116 Å². The van der Waals surface area contributed by atoms with Gasteiger partial charge in [0.2, 0.25) is 0 Å². The number of hydrogen-bond donors (Lipinski definition) is 2. The molecule has 3 N–H and O–H groups in total. The molecular formula is C15H28N2O2. The fourth-order valence-electron chi connectivity index (χ4n) is 3.85. The lowest BCUT2D eigenvalue weighted by molar-refractivity contribution is -0.0291. The van der Waals surface area contributed by atoms with Crippen LogP contribution in [0.5, 0.6) is 0 Å². The molecule has 2 saturated carbocycles. The van der Waals surface area contributed by atoms with E-state index in [0.29, 0.717) is 11.5 Å². The number of alkyl carbamates (subject to hydrolysis) is 1. The van der Waals surface area contributed by atoms with Gasteiger partial charge in [-0.2, -0.15) is 0 Å². The van der Waals surface area contributed by atoms with Crippen LogP contribution in [0.2, 0.25) is 0 Å². The first-order valence-corrected chi connectivity index (χ1v) is 7.38. The van der Waals surface area contributed by atoms with Gasteiger partial charge in [-0.05, 0) is 71.6 Å². The molecule has 0 bridgehead atoms. The Hall–Kier alpha value is -0.770. The van der Waals surface area contributed by atoms with Crippen LogP contribution in [0.1, 0.15) is 66.2 Å². The third-order valence-corrected chi connectivity index (χ3v) is 4.42. The highest BCUT2D eigenvalue weighted by Gasteiger charge is 2.53.